The summed E-state index contributed by atoms with van der Waals surface area (Å²) < 4.78 is 5.00. The van der Waals surface area contributed by atoms with E-state index >= 15 is 0 Å². The minimum Gasteiger partial charge on any atom is -0.506 e. The molecule has 1 aliphatic carbocycles. The van der Waals surface area contributed by atoms with Gasteiger partial charge in [-0.25, -0.2) is 4.79 Å². The number of phenolic OH excluding ortho intramolecular Hbond substituents is 1. The number of carbonyl (C=O) groups excluding carboxylic acids is 3. The number of Topliss-reactive ketones (excluding diaryl/α,β-unsaturated/α-hetero) is 1. The normalized spacial score (nSPS) is 17.0. The number of hydrogen-bond acceptors (Lipinski definition) is 5. The highest BCUT2D eigenvalue weighted by Crippen LogP contribution is 2.41. The second kappa shape index (κ2) is 5.55. The number of carbonyl (C=O) groups is 3. The van der Waals surface area contributed by atoms with Gasteiger partial charge in [0.1, 0.15) is 11.3 Å². The molecule has 0 spiro atoms. The fourth-order valence-electron chi connectivity index (χ4n) is 3.07. The number of fused-ring (bicyclic) bond motifs is 2. The second-order valence-corrected chi connectivity index (χ2v) is 6.91. The smallest absolute Gasteiger partial charge is 0.347 e. The fourth-order valence-corrected chi connectivity index (χ4v) is 3.07. The zero-order valence-corrected chi connectivity index (χ0v) is 14.3. The van der Waals surface area contributed by atoms with E-state index in [1.54, 1.807) is 26.8 Å². The molecule has 0 atom stereocenters. The van der Waals surface area contributed by atoms with Gasteiger partial charge in [-0.3, -0.25) is 9.59 Å². The summed E-state index contributed by atoms with van der Waals surface area (Å²) in [5.74, 6) is -2.10. The van der Waals surface area contributed by atoms with Crippen LogP contribution in [0.1, 0.15) is 57.4 Å². The molecular formula is C20H18O5. The van der Waals surface area contributed by atoms with Crippen LogP contribution in [0.2, 0.25) is 0 Å². The van der Waals surface area contributed by atoms with Crippen LogP contribution in [-0.2, 0) is 11.2 Å². The summed E-state index contributed by atoms with van der Waals surface area (Å²) in [5.41, 5.74) is 0.610. The van der Waals surface area contributed by atoms with Crippen LogP contribution in [0, 0.1) is 5.41 Å². The quantitative estimate of drug-likeness (QED) is 0.659. The molecule has 1 aromatic carbocycles. The highest BCUT2D eigenvalue weighted by Gasteiger charge is 2.38. The Bertz CT molecular complexity index is 913. The zero-order valence-electron chi connectivity index (χ0n) is 14.3. The molecule has 2 aliphatic rings. The fraction of sp³-hybridized carbons (Fsp3) is 0.250. The Morgan fingerprint density at radius 2 is 1.92 bits per heavy atom. The molecule has 128 valence electrons. The van der Waals surface area contributed by atoms with E-state index in [0.717, 1.165) is 5.57 Å². The second-order valence-electron chi connectivity index (χ2n) is 6.91. The summed E-state index contributed by atoms with van der Waals surface area (Å²) >= 11 is 0. The van der Waals surface area contributed by atoms with Crippen LogP contribution in [0.5, 0.6) is 5.75 Å². The van der Waals surface area contributed by atoms with Crippen LogP contribution in [-0.4, -0.2) is 22.6 Å². The first kappa shape index (κ1) is 16.9. The van der Waals surface area contributed by atoms with Crippen molar-refractivity contribution in [1.29, 1.82) is 0 Å². The van der Waals surface area contributed by atoms with E-state index in [4.69, 9.17) is 4.74 Å². The van der Waals surface area contributed by atoms with Crippen LogP contribution < -0.4 is 0 Å². The van der Waals surface area contributed by atoms with E-state index in [0.29, 0.717) is 12.0 Å². The van der Waals surface area contributed by atoms with Gasteiger partial charge in [0.05, 0.1) is 11.8 Å². The van der Waals surface area contributed by atoms with Crippen molar-refractivity contribution in [1.82, 2.24) is 0 Å². The van der Waals surface area contributed by atoms with E-state index in [1.807, 2.05) is 0 Å². The maximum absolute atomic E-state index is 12.9. The predicted molar refractivity (Wildman–Crippen MR) is 91.7 cm³/mol. The average Bonchev–Trinajstić information content (AvgIpc) is 2.69. The number of benzene rings is 1. The molecule has 0 fully saturated rings. The minimum atomic E-state index is -0.748. The highest BCUT2D eigenvalue weighted by atomic mass is 16.5. The third-order valence-electron chi connectivity index (χ3n) is 4.64. The van der Waals surface area contributed by atoms with Crippen molar-refractivity contribution in [2.24, 2.45) is 5.41 Å². The van der Waals surface area contributed by atoms with Gasteiger partial charge >= 0.3 is 5.97 Å². The summed E-state index contributed by atoms with van der Waals surface area (Å²) in [6, 6.07) is 1.50. The maximum atomic E-state index is 12.9. The molecule has 1 N–H and O–H groups in total. The van der Waals surface area contributed by atoms with Crippen molar-refractivity contribution in [3.63, 3.8) is 0 Å². The summed E-state index contributed by atoms with van der Waals surface area (Å²) in [7, 11) is 0. The topological polar surface area (TPSA) is 80.7 Å². The van der Waals surface area contributed by atoms with Crippen molar-refractivity contribution in [2.75, 3.05) is 0 Å². The van der Waals surface area contributed by atoms with E-state index < -0.39 is 22.9 Å². The van der Waals surface area contributed by atoms with Gasteiger partial charge in [0.25, 0.3) is 0 Å². The van der Waals surface area contributed by atoms with Gasteiger partial charge in [0.15, 0.2) is 11.6 Å². The molecule has 1 aliphatic heterocycles. The molecule has 1 heterocycles. The molecule has 0 amide bonds. The summed E-state index contributed by atoms with van der Waals surface area (Å²) in [4.78, 5) is 37.8. The Labute approximate surface area is 145 Å². The number of esters is 1. The SMILES string of the molecule is C=CC(C)(C)C1=CC(=O)c2cc3c(c(O)c2C1=O)C(=O)OC=C(C)C3. The van der Waals surface area contributed by atoms with Gasteiger partial charge < -0.3 is 9.84 Å². The van der Waals surface area contributed by atoms with E-state index in [1.165, 1.54) is 18.4 Å². The monoisotopic (exact) mass is 338 g/mol. The van der Waals surface area contributed by atoms with Crippen LogP contribution >= 0.6 is 0 Å². The van der Waals surface area contributed by atoms with Gasteiger partial charge in [-0.15, -0.1) is 6.58 Å². The minimum absolute atomic E-state index is 0.0642. The number of cyclic esters (lactones) is 1. The van der Waals surface area contributed by atoms with Crippen LogP contribution in [0.15, 0.2) is 42.2 Å². The number of aromatic hydroxyl groups is 1. The Kier molecular flexibility index (Phi) is 3.75. The average molecular weight is 338 g/mol. The van der Waals surface area contributed by atoms with E-state index in [9.17, 15) is 19.5 Å². The largest absolute Gasteiger partial charge is 0.506 e. The van der Waals surface area contributed by atoms with Gasteiger partial charge in [-0.05, 0) is 36.6 Å². The van der Waals surface area contributed by atoms with Gasteiger partial charge in [0.2, 0.25) is 0 Å². The first-order valence-corrected chi connectivity index (χ1v) is 7.87. The molecule has 0 saturated carbocycles. The molecular weight excluding hydrogens is 320 g/mol. The van der Waals surface area contributed by atoms with Crippen molar-refractivity contribution in [3.8, 4) is 5.75 Å². The number of phenols is 1. The lowest BCUT2D eigenvalue weighted by molar-refractivity contribution is 0.0659. The van der Waals surface area contributed by atoms with Crippen LogP contribution in [0.25, 0.3) is 0 Å². The Morgan fingerprint density at radius 1 is 1.24 bits per heavy atom. The number of allylic oxidation sites excluding steroid dienone is 4. The van der Waals surface area contributed by atoms with Crippen molar-refractivity contribution >= 4 is 17.5 Å². The maximum Gasteiger partial charge on any atom is 0.347 e. The molecule has 25 heavy (non-hydrogen) atoms. The van der Waals surface area contributed by atoms with Crippen LogP contribution in [0.3, 0.4) is 0 Å². The lowest BCUT2D eigenvalue weighted by Crippen LogP contribution is -2.27. The number of ether oxygens (including phenoxy) is 1. The molecule has 5 nitrogen and oxygen atoms in total. The predicted octanol–water partition coefficient (Wildman–Crippen LogP) is 3.53. The van der Waals surface area contributed by atoms with Crippen molar-refractivity contribution in [2.45, 2.75) is 27.2 Å². The molecule has 0 aromatic heterocycles. The first-order chi connectivity index (χ1) is 11.7. The standard InChI is InChI=1S/C20H18O5/c1-5-20(3,4)13-8-14(21)12-7-11-6-10(2)9-25-19(24)15(11)18(23)16(12)17(13)22/h5,7-9,23H,1,6H2,2-4H3. The molecule has 0 bridgehead atoms. The van der Waals surface area contributed by atoms with Gasteiger partial charge in [-0.1, -0.05) is 19.9 Å². The zero-order chi connectivity index (χ0) is 18.5. The Hall–Kier alpha value is -2.95. The Morgan fingerprint density at radius 3 is 2.56 bits per heavy atom. The highest BCUT2D eigenvalue weighted by molar-refractivity contribution is 6.27. The van der Waals surface area contributed by atoms with Gasteiger partial charge in [0, 0.05) is 16.6 Å². The summed E-state index contributed by atoms with van der Waals surface area (Å²) in [6.45, 7) is 8.98. The lowest BCUT2D eigenvalue weighted by atomic mass is 9.74. The summed E-state index contributed by atoms with van der Waals surface area (Å²) in [5, 5.41) is 10.7. The van der Waals surface area contributed by atoms with Gasteiger partial charge in [-0.2, -0.15) is 0 Å². The van der Waals surface area contributed by atoms with E-state index in [2.05, 4.69) is 6.58 Å². The number of ketones is 2. The third kappa shape index (κ3) is 2.52. The van der Waals surface area contributed by atoms with Crippen molar-refractivity contribution in [3.05, 3.63) is 64.5 Å². The summed E-state index contributed by atoms with van der Waals surface area (Å²) in [6.07, 6.45) is 4.51. The molecule has 0 radical (unpaired) electrons. The molecule has 5 heteroatoms. The van der Waals surface area contributed by atoms with E-state index in [-0.39, 0.29) is 28.0 Å². The van der Waals surface area contributed by atoms with Crippen LogP contribution in [0.4, 0.5) is 0 Å². The molecule has 0 unspecified atom stereocenters. The Balaban J connectivity index is 2.27. The third-order valence-corrected chi connectivity index (χ3v) is 4.64. The lowest BCUT2D eigenvalue weighted by Gasteiger charge is -2.27. The van der Waals surface area contributed by atoms with Crippen molar-refractivity contribution < 1.29 is 24.2 Å². The number of hydrogen-bond donors (Lipinski definition) is 1. The molecule has 1 aromatic rings. The first-order valence-electron chi connectivity index (χ1n) is 7.87. The molecule has 3 rings (SSSR count). The molecule has 0 saturated heterocycles. The number of rotatable bonds is 2.